The van der Waals surface area contributed by atoms with E-state index in [-0.39, 0.29) is 0 Å². The van der Waals surface area contributed by atoms with Gasteiger partial charge in [0.05, 0.1) is 0 Å². The number of aromatic nitrogens is 3. The van der Waals surface area contributed by atoms with Crippen molar-refractivity contribution in [3.8, 4) is 11.4 Å². The Morgan fingerprint density at radius 1 is 1.10 bits per heavy atom. The van der Waals surface area contributed by atoms with Crippen molar-refractivity contribution in [3.05, 3.63) is 64.4 Å². The average molecular weight is 329 g/mol. The summed E-state index contributed by atoms with van der Waals surface area (Å²) in [6.45, 7) is 0. The Labute approximate surface area is 125 Å². The number of anilines is 1. The van der Waals surface area contributed by atoms with Gasteiger partial charge in [0.2, 0.25) is 0 Å². The summed E-state index contributed by atoms with van der Waals surface area (Å²) in [4.78, 5) is 4.51. The molecule has 100 valence electrons. The summed E-state index contributed by atoms with van der Waals surface area (Å²) in [7, 11) is 0. The third kappa shape index (κ3) is 2.88. The molecule has 0 radical (unpaired) electrons. The Balaban J connectivity index is 1.84. The lowest BCUT2D eigenvalue weighted by Crippen LogP contribution is -1.91. The standard InChI is InChI=1S/C15H13BrN4/c16-12-5-1-3-10(7-12)8-14-18-15(20-19-14)11-4-2-6-13(17)9-11/h1-7,9H,8,17H2,(H,18,19,20). The van der Waals surface area contributed by atoms with Gasteiger partial charge in [0, 0.05) is 22.1 Å². The molecule has 1 aromatic heterocycles. The molecule has 0 spiro atoms. The van der Waals surface area contributed by atoms with Crippen LogP contribution >= 0.6 is 15.9 Å². The van der Waals surface area contributed by atoms with E-state index in [0.29, 0.717) is 11.5 Å². The number of halogens is 1. The Morgan fingerprint density at radius 2 is 1.95 bits per heavy atom. The minimum Gasteiger partial charge on any atom is -0.399 e. The SMILES string of the molecule is Nc1cccc(-c2n[nH]c(Cc3cccc(Br)c3)n2)c1. The Kier molecular flexibility index (Phi) is 3.52. The molecule has 0 saturated carbocycles. The van der Waals surface area contributed by atoms with Crippen molar-refractivity contribution in [1.29, 1.82) is 0 Å². The van der Waals surface area contributed by atoms with Gasteiger partial charge in [-0.3, -0.25) is 5.10 Å². The number of nitrogens with two attached hydrogens (primary N) is 1. The lowest BCUT2D eigenvalue weighted by molar-refractivity contribution is 0.972. The maximum absolute atomic E-state index is 5.77. The van der Waals surface area contributed by atoms with Crippen molar-refractivity contribution < 1.29 is 0 Å². The summed E-state index contributed by atoms with van der Waals surface area (Å²) >= 11 is 3.47. The molecule has 3 rings (SSSR count). The molecule has 20 heavy (non-hydrogen) atoms. The van der Waals surface area contributed by atoms with Crippen LogP contribution in [0.3, 0.4) is 0 Å². The van der Waals surface area contributed by atoms with E-state index < -0.39 is 0 Å². The number of nitrogens with one attached hydrogen (secondary N) is 1. The second-order valence-electron chi connectivity index (χ2n) is 4.54. The first-order chi connectivity index (χ1) is 9.70. The number of nitrogens with zero attached hydrogens (tertiary/aromatic N) is 2. The summed E-state index contributed by atoms with van der Waals surface area (Å²) < 4.78 is 1.06. The van der Waals surface area contributed by atoms with E-state index in [1.807, 2.05) is 36.4 Å². The zero-order valence-electron chi connectivity index (χ0n) is 10.7. The van der Waals surface area contributed by atoms with E-state index in [0.717, 1.165) is 22.3 Å². The van der Waals surface area contributed by atoms with Gasteiger partial charge in [-0.15, -0.1) is 0 Å². The van der Waals surface area contributed by atoms with E-state index in [1.165, 1.54) is 5.56 Å². The normalized spacial score (nSPS) is 10.7. The molecule has 0 aliphatic heterocycles. The van der Waals surface area contributed by atoms with Crippen molar-refractivity contribution in [1.82, 2.24) is 15.2 Å². The molecule has 0 fully saturated rings. The predicted molar refractivity (Wildman–Crippen MR) is 83.2 cm³/mol. The fourth-order valence-corrected chi connectivity index (χ4v) is 2.47. The van der Waals surface area contributed by atoms with Crippen molar-refractivity contribution in [2.45, 2.75) is 6.42 Å². The third-order valence-corrected chi connectivity index (χ3v) is 3.43. The van der Waals surface area contributed by atoms with Crippen LogP contribution in [0.25, 0.3) is 11.4 Å². The highest BCUT2D eigenvalue weighted by Gasteiger charge is 2.07. The highest BCUT2D eigenvalue weighted by atomic mass is 79.9. The fraction of sp³-hybridized carbons (Fsp3) is 0.0667. The maximum atomic E-state index is 5.77. The van der Waals surface area contributed by atoms with Gasteiger partial charge in [-0.1, -0.05) is 40.2 Å². The highest BCUT2D eigenvalue weighted by Crippen LogP contribution is 2.19. The van der Waals surface area contributed by atoms with Crippen LogP contribution in [0.1, 0.15) is 11.4 Å². The van der Waals surface area contributed by atoms with Gasteiger partial charge in [0.1, 0.15) is 5.82 Å². The largest absolute Gasteiger partial charge is 0.399 e. The number of hydrogen-bond acceptors (Lipinski definition) is 3. The molecule has 5 heteroatoms. The first-order valence-corrected chi connectivity index (χ1v) is 7.01. The van der Waals surface area contributed by atoms with Crippen LogP contribution in [0.4, 0.5) is 5.69 Å². The minimum absolute atomic E-state index is 0.669. The van der Waals surface area contributed by atoms with Crippen LogP contribution in [0, 0.1) is 0 Å². The van der Waals surface area contributed by atoms with Crippen molar-refractivity contribution in [2.75, 3.05) is 5.73 Å². The number of H-pyrrole nitrogens is 1. The summed E-state index contributed by atoms with van der Waals surface area (Å²) in [5.74, 6) is 1.50. The molecular formula is C15H13BrN4. The summed E-state index contributed by atoms with van der Waals surface area (Å²) in [5, 5.41) is 7.22. The van der Waals surface area contributed by atoms with Gasteiger partial charge in [-0.05, 0) is 29.8 Å². The van der Waals surface area contributed by atoms with Crippen LogP contribution < -0.4 is 5.73 Å². The summed E-state index contributed by atoms with van der Waals surface area (Å²) in [5.41, 5.74) is 8.57. The molecule has 0 aliphatic rings. The Hall–Kier alpha value is -2.14. The molecular weight excluding hydrogens is 316 g/mol. The summed E-state index contributed by atoms with van der Waals surface area (Å²) in [6, 6.07) is 15.7. The quantitative estimate of drug-likeness (QED) is 0.724. The smallest absolute Gasteiger partial charge is 0.181 e. The number of aromatic amines is 1. The monoisotopic (exact) mass is 328 g/mol. The fourth-order valence-electron chi connectivity index (χ4n) is 2.02. The van der Waals surface area contributed by atoms with Crippen molar-refractivity contribution >= 4 is 21.6 Å². The molecule has 0 atom stereocenters. The first-order valence-electron chi connectivity index (χ1n) is 6.22. The number of nitrogen functional groups attached to an aromatic ring is 1. The van der Waals surface area contributed by atoms with Crippen LogP contribution in [0.15, 0.2) is 53.0 Å². The van der Waals surface area contributed by atoms with E-state index in [2.05, 4.69) is 43.2 Å². The van der Waals surface area contributed by atoms with Gasteiger partial charge < -0.3 is 5.73 Å². The summed E-state index contributed by atoms with van der Waals surface area (Å²) in [6.07, 6.45) is 0.717. The molecule has 0 aliphatic carbocycles. The van der Waals surface area contributed by atoms with Gasteiger partial charge in [0.15, 0.2) is 5.82 Å². The number of benzene rings is 2. The van der Waals surface area contributed by atoms with E-state index in [9.17, 15) is 0 Å². The van der Waals surface area contributed by atoms with E-state index in [1.54, 1.807) is 0 Å². The highest BCUT2D eigenvalue weighted by molar-refractivity contribution is 9.10. The topological polar surface area (TPSA) is 67.6 Å². The molecule has 0 bridgehead atoms. The third-order valence-electron chi connectivity index (χ3n) is 2.94. The number of hydrogen-bond donors (Lipinski definition) is 2. The molecule has 0 unspecified atom stereocenters. The van der Waals surface area contributed by atoms with Crippen molar-refractivity contribution in [2.24, 2.45) is 0 Å². The molecule has 2 aromatic carbocycles. The second-order valence-corrected chi connectivity index (χ2v) is 5.45. The molecule has 1 heterocycles. The lowest BCUT2D eigenvalue weighted by atomic mass is 10.1. The van der Waals surface area contributed by atoms with E-state index in [4.69, 9.17) is 5.73 Å². The van der Waals surface area contributed by atoms with Crippen LogP contribution in [-0.4, -0.2) is 15.2 Å². The molecule has 4 nitrogen and oxygen atoms in total. The molecule has 3 N–H and O–H groups in total. The van der Waals surface area contributed by atoms with E-state index >= 15 is 0 Å². The Morgan fingerprint density at radius 3 is 2.75 bits per heavy atom. The number of rotatable bonds is 3. The van der Waals surface area contributed by atoms with Gasteiger partial charge in [0.25, 0.3) is 0 Å². The Bertz CT molecular complexity index is 736. The molecule has 0 amide bonds. The van der Waals surface area contributed by atoms with Gasteiger partial charge in [-0.25, -0.2) is 4.98 Å². The molecule has 0 saturated heterocycles. The minimum atomic E-state index is 0.669. The predicted octanol–water partition coefficient (Wildman–Crippen LogP) is 3.41. The maximum Gasteiger partial charge on any atom is 0.181 e. The zero-order chi connectivity index (χ0) is 13.9. The van der Waals surface area contributed by atoms with Crippen molar-refractivity contribution in [3.63, 3.8) is 0 Å². The van der Waals surface area contributed by atoms with Crippen LogP contribution in [0.5, 0.6) is 0 Å². The lowest BCUT2D eigenvalue weighted by Gasteiger charge is -1.98. The second kappa shape index (κ2) is 5.46. The zero-order valence-corrected chi connectivity index (χ0v) is 12.3. The van der Waals surface area contributed by atoms with Crippen LogP contribution in [-0.2, 0) is 6.42 Å². The van der Waals surface area contributed by atoms with Crippen LogP contribution in [0.2, 0.25) is 0 Å². The van der Waals surface area contributed by atoms with Gasteiger partial charge >= 0.3 is 0 Å². The first kappa shape index (κ1) is 12.9. The van der Waals surface area contributed by atoms with Gasteiger partial charge in [-0.2, -0.15) is 5.10 Å². The average Bonchev–Trinajstić information content (AvgIpc) is 2.87. The molecule has 3 aromatic rings.